The minimum Gasteiger partial charge on any atom is -0.474 e. The monoisotopic (exact) mass is 208 g/mol. The van der Waals surface area contributed by atoms with Gasteiger partial charge in [-0.15, -0.1) is 0 Å². The topological polar surface area (TPSA) is 76.9 Å². The zero-order valence-electron chi connectivity index (χ0n) is 9.08. The second kappa shape index (κ2) is 3.56. The molecule has 1 aromatic heterocycles. The number of aryl methyl sites for hydroxylation is 2. The van der Waals surface area contributed by atoms with Crippen molar-refractivity contribution in [1.29, 1.82) is 5.41 Å². The number of amidine groups is 1. The van der Waals surface area contributed by atoms with Crippen molar-refractivity contribution >= 4 is 5.84 Å². The molecular weight excluding hydrogens is 192 g/mol. The van der Waals surface area contributed by atoms with Gasteiger partial charge in [0.1, 0.15) is 17.5 Å². The minimum absolute atomic E-state index is 0.0231. The van der Waals surface area contributed by atoms with Crippen LogP contribution < -0.4 is 10.5 Å². The molecule has 1 aliphatic carbocycles. The largest absolute Gasteiger partial charge is 0.474 e. The third kappa shape index (κ3) is 1.69. The van der Waals surface area contributed by atoms with Crippen molar-refractivity contribution in [2.75, 3.05) is 0 Å². The standard InChI is InChI=1S/C10H16N4O/c1-6-8(9(11)12)10(14(2)13-6)15-7-4-3-5-7/h7H,3-5H2,1-2H3,(H3,11,12). The average molecular weight is 208 g/mol. The molecule has 3 N–H and O–H groups in total. The van der Waals surface area contributed by atoms with E-state index in [-0.39, 0.29) is 11.9 Å². The van der Waals surface area contributed by atoms with Crippen LogP contribution in [0.25, 0.3) is 0 Å². The molecule has 1 aromatic rings. The molecule has 82 valence electrons. The van der Waals surface area contributed by atoms with E-state index in [0.29, 0.717) is 11.4 Å². The first-order chi connectivity index (χ1) is 7.09. The van der Waals surface area contributed by atoms with Crippen LogP contribution in [-0.2, 0) is 7.05 Å². The van der Waals surface area contributed by atoms with E-state index in [1.54, 1.807) is 4.68 Å². The summed E-state index contributed by atoms with van der Waals surface area (Å²) in [6.45, 7) is 1.84. The van der Waals surface area contributed by atoms with Crippen LogP contribution in [0.1, 0.15) is 30.5 Å². The summed E-state index contributed by atoms with van der Waals surface area (Å²) < 4.78 is 7.43. The number of ether oxygens (including phenoxy) is 1. The Bertz CT molecular complexity index is 392. The second-order valence-electron chi connectivity index (χ2n) is 3.97. The quantitative estimate of drug-likeness (QED) is 0.573. The van der Waals surface area contributed by atoms with Crippen molar-refractivity contribution in [3.05, 3.63) is 11.3 Å². The number of rotatable bonds is 3. The summed E-state index contributed by atoms with van der Waals surface area (Å²) in [5.74, 6) is 0.652. The van der Waals surface area contributed by atoms with Gasteiger partial charge in [-0.3, -0.25) is 5.41 Å². The van der Waals surface area contributed by atoms with E-state index < -0.39 is 0 Å². The Morgan fingerprint density at radius 1 is 1.60 bits per heavy atom. The van der Waals surface area contributed by atoms with Gasteiger partial charge in [0.25, 0.3) is 0 Å². The van der Waals surface area contributed by atoms with Crippen molar-refractivity contribution in [1.82, 2.24) is 9.78 Å². The van der Waals surface area contributed by atoms with Gasteiger partial charge in [0.2, 0.25) is 5.88 Å². The van der Waals surface area contributed by atoms with Crippen LogP contribution in [-0.4, -0.2) is 21.7 Å². The third-order valence-corrected chi connectivity index (χ3v) is 2.77. The lowest BCUT2D eigenvalue weighted by Crippen LogP contribution is -2.27. The Hall–Kier alpha value is -1.52. The molecule has 0 aromatic carbocycles. The normalized spacial score (nSPS) is 16.1. The number of nitrogens with zero attached hydrogens (tertiary/aromatic N) is 2. The Balaban J connectivity index is 2.30. The lowest BCUT2D eigenvalue weighted by Gasteiger charge is -2.26. The zero-order valence-corrected chi connectivity index (χ0v) is 9.08. The van der Waals surface area contributed by atoms with Crippen LogP contribution in [0.3, 0.4) is 0 Å². The number of nitrogens with two attached hydrogens (primary N) is 1. The molecule has 0 unspecified atom stereocenters. The molecule has 0 bridgehead atoms. The molecule has 5 heteroatoms. The first kappa shape index (κ1) is 10.0. The zero-order chi connectivity index (χ0) is 11.0. The molecule has 1 saturated carbocycles. The number of hydrogen-bond acceptors (Lipinski definition) is 3. The Kier molecular flexibility index (Phi) is 2.38. The summed E-state index contributed by atoms with van der Waals surface area (Å²) in [6, 6.07) is 0. The lowest BCUT2D eigenvalue weighted by atomic mass is 9.96. The first-order valence-corrected chi connectivity index (χ1v) is 5.14. The van der Waals surface area contributed by atoms with Crippen molar-refractivity contribution in [3.63, 3.8) is 0 Å². The van der Waals surface area contributed by atoms with E-state index in [0.717, 1.165) is 18.5 Å². The number of nitrogen functional groups attached to an aromatic ring is 1. The van der Waals surface area contributed by atoms with Crippen LogP contribution in [0.2, 0.25) is 0 Å². The fourth-order valence-corrected chi connectivity index (χ4v) is 1.73. The number of hydrogen-bond donors (Lipinski definition) is 2. The van der Waals surface area contributed by atoms with E-state index >= 15 is 0 Å². The van der Waals surface area contributed by atoms with Crippen molar-refractivity contribution < 1.29 is 4.74 Å². The van der Waals surface area contributed by atoms with Crippen molar-refractivity contribution in [3.8, 4) is 5.88 Å². The average Bonchev–Trinajstić information content (AvgIpc) is 2.33. The van der Waals surface area contributed by atoms with Crippen LogP contribution >= 0.6 is 0 Å². The van der Waals surface area contributed by atoms with Gasteiger partial charge in [-0.1, -0.05) is 0 Å². The predicted molar refractivity (Wildman–Crippen MR) is 57.2 cm³/mol. The summed E-state index contributed by atoms with van der Waals surface area (Å²) in [6.07, 6.45) is 3.66. The molecular formula is C10H16N4O. The first-order valence-electron chi connectivity index (χ1n) is 5.14. The van der Waals surface area contributed by atoms with Gasteiger partial charge in [0.15, 0.2) is 0 Å². The van der Waals surface area contributed by atoms with Gasteiger partial charge >= 0.3 is 0 Å². The highest BCUT2D eigenvalue weighted by Gasteiger charge is 2.24. The molecule has 0 amide bonds. The molecule has 1 fully saturated rings. The molecule has 0 radical (unpaired) electrons. The fourth-order valence-electron chi connectivity index (χ4n) is 1.73. The van der Waals surface area contributed by atoms with Gasteiger partial charge in [-0.2, -0.15) is 5.10 Å². The molecule has 2 rings (SSSR count). The molecule has 5 nitrogen and oxygen atoms in total. The summed E-state index contributed by atoms with van der Waals surface area (Å²) in [5, 5.41) is 11.7. The molecule has 0 spiro atoms. The Morgan fingerprint density at radius 2 is 2.27 bits per heavy atom. The molecule has 0 atom stereocenters. The summed E-state index contributed by atoms with van der Waals surface area (Å²) in [7, 11) is 1.81. The van der Waals surface area contributed by atoms with Gasteiger partial charge in [-0.05, 0) is 26.2 Å². The number of aromatic nitrogens is 2. The fraction of sp³-hybridized carbons (Fsp3) is 0.600. The third-order valence-electron chi connectivity index (χ3n) is 2.77. The Morgan fingerprint density at radius 3 is 2.73 bits per heavy atom. The highest BCUT2D eigenvalue weighted by Crippen LogP contribution is 2.28. The number of nitrogens with one attached hydrogen (secondary N) is 1. The maximum atomic E-state index is 7.49. The smallest absolute Gasteiger partial charge is 0.223 e. The SMILES string of the molecule is Cc1nn(C)c(OC2CCC2)c1C(=N)N. The predicted octanol–water partition coefficient (Wildman–Crippen LogP) is 0.944. The molecule has 1 aliphatic rings. The maximum absolute atomic E-state index is 7.49. The Labute approximate surface area is 88.7 Å². The van der Waals surface area contributed by atoms with Crippen LogP contribution in [0.15, 0.2) is 0 Å². The van der Waals surface area contributed by atoms with E-state index in [4.69, 9.17) is 15.9 Å². The van der Waals surface area contributed by atoms with Crippen LogP contribution in [0, 0.1) is 12.3 Å². The van der Waals surface area contributed by atoms with E-state index in [2.05, 4.69) is 5.10 Å². The molecule has 0 saturated heterocycles. The van der Waals surface area contributed by atoms with Crippen molar-refractivity contribution in [2.24, 2.45) is 12.8 Å². The van der Waals surface area contributed by atoms with Crippen molar-refractivity contribution in [2.45, 2.75) is 32.3 Å². The summed E-state index contributed by atoms with van der Waals surface area (Å²) >= 11 is 0. The van der Waals surface area contributed by atoms with Gasteiger partial charge in [0, 0.05) is 7.05 Å². The highest BCUT2D eigenvalue weighted by atomic mass is 16.5. The summed E-state index contributed by atoms with van der Waals surface area (Å²) in [4.78, 5) is 0. The van der Waals surface area contributed by atoms with E-state index in [1.165, 1.54) is 6.42 Å². The van der Waals surface area contributed by atoms with Gasteiger partial charge in [0.05, 0.1) is 5.69 Å². The maximum Gasteiger partial charge on any atom is 0.223 e. The van der Waals surface area contributed by atoms with Gasteiger partial charge in [-0.25, -0.2) is 4.68 Å². The van der Waals surface area contributed by atoms with E-state index in [9.17, 15) is 0 Å². The molecule has 0 aliphatic heterocycles. The molecule has 15 heavy (non-hydrogen) atoms. The van der Waals surface area contributed by atoms with Crippen LogP contribution in [0.5, 0.6) is 5.88 Å². The summed E-state index contributed by atoms with van der Waals surface area (Å²) in [5.41, 5.74) is 6.89. The van der Waals surface area contributed by atoms with E-state index in [1.807, 2.05) is 14.0 Å². The van der Waals surface area contributed by atoms with Crippen LogP contribution in [0.4, 0.5) is 0 Å². The second-order valence-corrected chi connectivity index (χ2v) is 3.97. The highest BCUT2D eigenvalue weighted by molar-refractivity contribution is 5.98. The molecule has 1 heterocycles. The minimum atomic E-state index is 0.0231. The lowest BCUT2D eigenvalue weighted by molar-refractivity contribution is 0.109. The van der Waals surface area contributed by atoms with Gasteiger partial charge < -0.3 is 10.5 Å².